The third-order valence-corrected chi connectivity index (χ3v) is 7.30. The third kappa shape index (κ3) is 4.99. The molecule has 3 aromatic rings. The van der Waals surface area contributed by atoms with E-state index in [2.05, 4.69) is 15.0 Å². The lowest BCUT2D eigenvalue weighted by Crippen LogP contribution is -2.33. The largest absolute Gasteiger partial charge is 0.445 e. The van der Waals surface area contributed by atoms with Gasteiger partial charge in [-0.2, -0.15) is 9.55 Å². The monoisotopic (exact) mass is 494 g/mol. The van der Waals surface area contributed by atoms with Gasteiger partial charge in [0.25, 0.3) is 5.56 Å². The summed E-state index contributed by atoms with van der Waals surface area (Å²) in [6, 6.07) is 5.58. The summed E-state index contributed by atoms with van der Waals surface area (Å²) in [6.45, 7) is 1.35. The number of carbonyl (C=O) groups excluding carboxylic acids is 1. The number of rotatable bonds is 7. The first-order valence-corrected chi connectivity index (χ1v) is 12.3. The number of nitrogens with zero attached hydrogens (tertiary/aromatic N) is 5. The molecule has 176 valence electrons. The first-order valence-electron chi connectivity index (χ1n) is 10.00. The molecule has 0 amide bonds. The summed E-state index contributed by atoms with van der Waals surface area (Å²) in [7, 11) is 2.90. The van der Waals surface area contributed by atoms with Crippen LogP contribution in [0.3, 0.4) is 0 Å². The highest BCUT2D eigenvalue weighted by atomic mass is 33.1. The number of ether oxygens (including phenoxy) is 2. The van der Waals surface area contributed by atoms with Gasteiger partial charge in [0.2, 0.25) is 5.95 Å². The summed E-state index contributed by atoms with van der Waals surface area (Å²) in [4.78, 5) is 37.9. The summed E-state index contributed by atoms with van der Waals surface area (Å²) in [6.07, 6.45) is -0.597. The van der Waals surface area contributed by atoms with Gasteiger partial charge in [0.1, 0.15) is 23.5 Å². The molecular weight excluding hydrogens is 472 g/mol. The second-order valence-electron chi connectivity index (χ2n) is 7.28. The number of carbonyl (C=O) groups is 1. The smallest absolute Gasteiger partial charge is 0.424 e. The maximum Gasteiger partial charge on any atom is 0.424 e. The van der Waals surface area contributed by atoms with Gasteiger partial charge in [0.05, 0.1) is 19.0 Å². The lowest BCUT2D eigenvalue weighted by molar-refractivity contribution is -0.0432. The minimum atomic E-state index is -0.953. The van der Waals surface area contributed by atoms with Crippen molar-refractivity contribution in [3.05, 3.63) is 41.1 Å². The zero-order valence-corrected chi connectivity index (χ0v) is 19.1. The Balaban J connectivity index is 1.46. The fourth-order valence-electron chi connectivity index (χ4n) is 3.27. The van der Waals surface area contributed by atoms with E-state index in [1.54, 1.807) is 13.1 Å². The van der Waals surface area contributed by atoms with Gasteiger partial charge in [-0.1, -0.05) is 16.9 Å². The quantitative estimate of drug-likeness (QED) is 0.400. The number of anilines is 1. The molecule has 4 rings (SSSR count). The number of aliphatic hydroxyl groups excluding tert-OH is 2. The fourth-order valence-corrected chi connectivity index (χ4v) is 5.39. The van der Waals surface area contributed by atoms with E-state index in [0.717, 1.165) is 5.03 Å². The van der Waals surface area contributed by atoms with Crippen molar-refractivity contribution in [2.45, 2.75) is 42.9 Å². The molecule has 1 fully saturated rings. The van der Waals surface area contributed by atoms with E-state index in [0.29, 0.717) is 10.3 Å². The summed E-state index contributed by atoms with van der Waals surface area (Å²) in [5.41, 5.74) is 5.14. The van der Waals surface area contributed by atoms with E-state index in [9.17, 15) is 19.8 Å². The minimum absolute atomic E-state index is 0.0978. The van der Waals surface area contributed by atoms with E-state index in [1.807, 2.05) is 18.2 Å². The van der Waals surface area contributed by atoms with Crippen LogP contribution in [-0.4, -0.2) is 71.1 Å². The van der Waals surface area contributed by atoms with Crippen LogP contribution in [0.15, 0.2) is 40.5 Å². The van der Waals surface area contributed by atoms with Crippen LogP contribution in [0.5, 0.6) is 0 Å². The number of fused-ring (bicyclic) bond motifs is 1. The Morgan fingerprint density at radius 1 is 1.42 bits per heavy atom. The number of nitrogen functional groups attached to an aromatic ring is 1. The van der Waals surface area contributed by atoms with E-state index in [1.165, 1.54) is 32.5 Å². The summed E-state index contributed by atoms with van der Waals surface area (Å²) in [5.74, 6) is 0.0958. The maximum absolute atomic E-state index is 12.9. The molecule has 1 aliphatic heterocycles. The predicted molar refractivity (Wildman–Crippen MR) is 122 cm³/mol. The molecule has 3 aromatic heterocycles. The average molecular weight is 495 g/mol. The normalized spacial score (nSPS) is 21.4. The average Bonchev–Trinajstić information content (AvgIpc) is 3.37. The lowest BCUT2D eigenvalue weighted by Gasteiger charge is -2.15. The minimum Gasteiger partial charge on any atom is -0.445 e. The van der Waals surface area contributed by atoms with Gasteiger partial charge in [0, 0.05) is 18.4 Å². The van der Waals surface area contributed by atoms with Crippen LogP contribution in [0, 0.1) is 0 Å². The Bertz CT molecular complexity index is 1190. The number of hydrogen-bond donors (Lipinski definition) is 3. The van der Waals surface area contributed by atoms with Crippen molar-refractivity contribution >= 4 is 44.8 Å². The molecule has 4 atom stereocenters. The molecule has 14 heteroatoms. The molecule has 0 aromatic carbocycles. The molecule has 0 bridgehead atoms. The highest BCUT2D eigenvalue weighted by molar-refractivity contribution is 8.76. The van der Waals surface area contributed by atoms with Gasteiger partial charge in [0.15, 0.2) is 11.2 Å². The molecule has 1 aliphatic rings. The fraction of sp³-hybridized carbons (Fsp3) is 0.421. The topological polar surface area (TPSA) is 168 Å². The Morgan fingerprint density at radius 3 is 2.94 bits per heavy atom. The van der Waals surface area contributed by atoms with Crippen molar-refractivity contribution in [3.8, 4) is 0 Å². The lowest BCUT2D eigenvalue weighted by atomic mass is 10.2. The molecule has 0 spiro atoms. The number of aliphatic hydroxyl groups is 2. The van der Waals surface area contributed by atoms with E-state index >= 15 is 0 Å². The number of imidazole rings is 1. The zero-order valence-electron chi connectivity index (χ0n) is 17.5. The second kappa shape index (κ2) is 10.1. The molecule has 1 saturated heterocycles. The van der Waals surface area contributed by atoms with Crippen molar-refractivity contribution < 1.29 is 24.5 Å². The molecule has 12 nitrogen and oxygen atoms in total. The van der Waals surface area contributed by atoms with Gasteiger partial charge < -0.3 is 25.4 Å². The van der Waals surface area contributed by atoms with Crippen LogP contribution in [0.25, 0.3) is 11.2 Å². The van der Waals surface area contributed by atoms with Crippen LogP contribution in [-0.2, 0) is 9.47 Å². The van der Waals surface area contributed by atoms with Crippen LogP contribution < -0.4 is 11.3 Å². The molecule has 0 radical (unpaired) electrons. The Morgan fingerprint density at radius 2 is 2.24 bits per heavy atom. The Hall–Kier alpha value is -2.65. The molecule has 4 heterocycles. The molecule has 33 heavy (non-hydrogen) atoms. The maximum atomic E-state index is 12.9. The van der Waals surface area contributed by atoms with Gasteiger partial charge in [-0.3, -0.25) is 9.36 Å². The molecule has 0 saturated carbocycles. The molecule has 4 N–H and O–H groups in total. The Labute approximate surface area is 195 Å². The number of pyridine rings is 1. The van der Waals surface area contributed by atoms with Crippen LogP contribution >= 0.6 is 21.6 Å². The van der Waals surface area contributed by atoms with Crippen molar-refractivity contribution in [2.75, 3.05) is 18.1 Å². The van der Waals surface area contributed by atoms with Crippen molar-refractivity contribution in [2.24, 2.45) is 0 Å². The van der Waals surface area contributed by atoms with Crippen LogP contribution in [0.4, 0.5) is 10.7 Å². The first kappa shape index (κ1) is 23.5. The SMILES string of the molecule is CC(CSSc1ccccn1)OC(=O)n1c(N)nc2c(ncn2C2CC(O)C(CO)O2)c1=O. The first-order chi connectivity index (χ1) is 15.9. The number of aromatic nitrogens is 5. The van der Waals surface area contributed by atoms with Crippen molar-refractivity contribution in [1.29, 1.82) is 0 Å². The second-order valence-corrected chi connectivity index (χ2v) is 9.64. The zero-order chi connectivity index (χ0) is 23.5. The standard InChI is InChI=1S/C19H22N6O6S2/c1-10(8-32-33-13-4-2-3-5-21-13)30-19(29)25-17(28)15-16(23-18(25)20)24(9-22-15)14-6-11(27)12(7-26)31-14/h2-5,9-12,14,26-27H,6-8H2,1H3,(H2,20,23). The molecule has 4 unspecified atom stereocenters. The van der Waals surface area contributed by atoms with Gasteiger partial charge in [-0.25, -0.2) is 14.8 Å². The van der Waals surface area contributed by atoms with Crippen molar-refractivity contribution in [3.63, 3.8) is 0 Å². The molecule has 0 aliphatic carbocycles. The van der Waals surface area contributed by atoms with Gasteiger partial charge >= 0.3 is 6.09 Å². The van der Waals surface area contributed by atoms with E-state index in [4.69, 9.17) is 15.2 Å². The summed E-state index contributed by atoms with van der Waals surface area (Å²) >= 11 is 0. The molecular formula is C19H22N6O6S2. The Kier molecular flexibility index (Phi) is 7.19. The highest BCUT2D eigenvalue weighted by Gasteiger charge is 2.35. The summed E-state index contributed by atoms with van der Waals surface area (Å²) < 4.78 is 13.0. The van der Waals surface area contributed by atoms with Crippen molar-refractivity contribution in [1.82, 2.24) is 24.1 Å². The van der Waals surface area contributed by atoms with Gasteiger partial charge in [-0.15, -0.1) is 0 Å². The van der Waals surface area contributed by atoms with E-state index < -0.39 is 36.2 Å². The van der Waals surface area contributed by atoms with Gasteiger partial charge in [-0.05, 0) is 29.9 Å². The predicted octanol–water partition coefficient (Wildman–Crippen LogP) is 1.02. The van der Waals surface area contributed by atoms with E-state index in [-0.39, 0.29) is 30.1 Å². The number of hydrogen-bond acceptors (Lipinski definition) is 12. The van der Waals surface area contributed by atoms with Crippen LogP contribution in [0.1, 0.15) is 19.6 Å². The number of nitrogens with two attached hydrogens (primary N) is 1. The summed E-state index contributed by atoms with van der Waals surface area (Å²) in [5, 5.41) is 20.1. The third-order valence-electron chi connectivity index (χ3n) is 4.89. The highest BCUT2D eigenvalue weighted by Crippen LogP contribution is 2.31. The van der Waals surface area contributed by atoms with Crippen LogP contribution in [0.2, 0.25) is 0 Å².